The van der Waals surface area contributed by atoms with Crippen molar-refractivity contribution in [2.24, 2.45) is 5.41 Å². The van der Waals surface area contributed by atoms with Crippen molar-refractivity contribution in [2.45, 2.75) is 39.7 Å². The fraction of sp³-hybridized carbons (Fsp3) is 0.727. The van der Waals surface area contributed by atoms with Gasteiger partial charge >= 0.3 is 5.97 Å². The minimum atomic E-state index is -0.952. The maximum atomic E-state index is 11.6. The highest BCUT2D eigenvalue weighted by Crippen LogP contribution is 2.29. The van der Waals surface area contributed by atoms with Gasteiger partial charge in [-0.2, -0.15) is 0 Å². The molecule has 1 rings (SSSR count). The van der Waals surface area contributed by atoms with E-state index in [1.807, 2.05) is 20.8 Å². The molecule has 1 heterocycles. The number of hydrogen-bond acceptors (Lipinski definition) is 3. The fourth-order valence-electron chi connectivity index (χ4n) is 1.94. The normalized spacial score (nSPS) is 19.1. The summed E-state index contributed by atoms with van der Waals surface area (Å²) in [5.74, 6) is -1.34. The molecular weight excluding hydrogens is 210 g/mol. The van der Waals surface area contributed by atoms with E-state index in [-0.39, 0.29) is 36.5 Å². The molecule has 1 amide bonds. The number of carboxylic acids is 1. The quantitative estimate of drug-likeness (QED) is 0.719. The zero-order valence-electron chi connectivity index (χ0n) is 9.82. The Balaban J connectivity index is 2.89. The van der Waals surface area contributed by atoms with E-state index in [0.717, 1.165) is 0 Å². The van der Waals surface area contributed by atoms with Gasteiger partial charge in [-0.1, -0.05) is 20.8 Å². The average molecular weight is 227 g/mol. The molecule has 0 saturated carbocycles. The summed E-state index contributed by atoms with van der Waals surface area (Å²) < 4.78 is 0. The van der Waals surface area contributed by atoms with Crippen LogP contribution in [0, 0.1) is 5.41 Å². The van der Waals surface area contributed by atoms with Crippen LogP contribution in [0.25, 0.3) is 0 Å². The molecule has 0 aromatic rings. The first-order chi connectivity index (χ1) is 7.21. The van der Waals surface area contributed by atoms with Crippen LogP contribution in [0.3, 0.4) is 0 Å². The zero-order valence-corrected chi connectivity index (χ0v) is 9.82. The summed E-state index contributed by atoms with van der Waals surface area (Å²) in [4.78, 5) is 34.9. The van der Waals surface area contributed by atoms with Crippen molar-refractivity contribution in [3.8, 4) is 0 Å². The molecule has 5 nitrogen and oxygen atoms in total. The van der Waals surface area contributed by atoms with Gasteiger partial charge in [-0.15, -0.1) is 0 Å². The highest BCUT2D eigenvalue weighted by atomic mass is 16.4. The van der Waals surface area contributed by atoms with Gasteiger partial charge in [0.1, 0.15) is 0 Å². The number of carbonyl (C=O) groups excluding carboxylic acids is 2. The van der Waals surface area contributed by atoms with Crippen molar-refractivity contribution in [3.63, 3.8) is 0 Å². The summed E-state index contributed by atoms with van der Waals surface area (Å²) in [5.41, 5.74) is -0.349. The minimum absolute atomic E-state index is 0.0497. The molecule has 1 aliphatic rings. The topological polar surface area (TPSA) is 74.7 Å². The van der Waals surface area contributed by atoms with Gasteiger partial charge in [0.05, 0.1) is 19.4 Å². The predicted molar refractivity (Wildman–Crippen MR) is 56.8 cm³/mol. The maximum absolute atomic E-state index is 11.6. The lowest BCUT2D eigenvalue weighted by molar-refractivity contribution is -0.142. The van der Waals surface area contributed by atoms with Gasteiger partial charge in [-0.25, -0.2) is 0 Å². The van der Waals surface area contributed by atoms with Gasteiger partial charge in [0.25, 0.3) is 0 Å². The van der Waals surface area contributed by atoms with E-state index in [1.165, 1.54) is 4.90 Å². The number of carboxylic acid groups (broad SMARTS) is 1. The van der Waals surface area contributed by atoms with Gasteiger partial charge in [-0.05, 0) is 5.41 Å². The Hall–Kier alpha value is -1.39. The molecule has 1 saturated heterocycles. The lowest BCUT2D eigenvalue weighted by Crippen LogP contribution is -2.46. The molecule has 0 bridgehead atoms. The predicted octanol–water partition coefficient (Wildman–Crippen LogP) is 0.677. The van der Waals surface area contributed by atoms with Crippen LogP contribution in [0.4, 0.5) is 0 Å². The summed E-state index contributed by atoms with van der Waals surface area (Å²) in [7, 11) is 0. The molecule has 0 aromatic carbocycles. The molecule has 0 aromatic heterocycles. The Bertz CT molecular complexity index is 329. The highest BCUT2D eigenvalue weighted by molar-refractivity contribution is 6.05. The van der Waals surface area contributed by atoms with Gasteiger partial charge in [-0.3, -0.25) is 14.4 Å². The SMILES string of the molecule is CC(C)(C)C(CC(=O)O)N1CC(=O)CC1=O. The molecular formula is C11H17NO4. The van der Waals surface area contributed by atoms with E-state index in [0.29, 0.717) is 0 Å². The Morgan fingerprint density at radius 1 is 1.44 bits per heavy atom. The Morgan fingerprint density at radius 3 is 2.31 bits per heavy atom. The number of likely N-dealkylation sites (tertiary alicyclic amines) is 1. The smallest absolute Gasteiger partial charge is 0.305 e. The number of Topliss-reactive ketones (excluding diaryl/α,β-unsaturated/α-hetero) is 1. The Morgan fingerprint density at radius 2 is 2.00 bits per heavy atom. The largest absolute Gasteiger partial charge is 0.481 e. The first kappa shape index (κ1) is 12.7. The molecule has 16 heavy (non-hydrogen) atoms. The van der Waals surface area contributed by atoms with Crippen molar-refractivity contribution in [2.75, 3.05) is 6.54 Å². The van der Waals surface area contributed by atoms with Crippen molar-refractivity contribution in [3.05, 3.63) is 0 Å². The third kappa shape index (κ3) is 2.81. The Kier molecular flexibility index (Phi) is 3.35. The number of hydrogen-bond donors (Lipinski definition) is 1. The zero-order chi connectivity index (χ0) is 12.5. The van der Waals surface area contributed by atoms with Crippen molar-refractivity contribution in [1.29, 1.82) is 0 Å². The molecule has 0 radical (unpaired) electrons. The lowest BCUT2D eigenvalue weighted by atomic mass is 9.83. The molecule has 1 fully saturated rings. The van der Waals surface area contributed by atoms with Crippen LogP contribution in [-0.4, -0.2) is 40.3 Å². The second-order valence-electron chi connectivity index (χ2n) is 5.22. The van der Waals surface area contributed by atoms with Gasteiger partial charge < -0.3 is 10.0 Å². The van der Waals surface area contributed by atoms with Crippen LogP contribution >= 0.6 is 0 Å². The number of carbonyl (C=O) groups is 3. The highest BCUT2D eigenvalue weighted by Gasteiger charge is 2.39. The third-order valence-corrected chi connectivity index (χ3v) is 2.76. The first-order valence-corrected chi connectivity index (χ1v) is 5.25. The van der Waals surface area contributed by atoms with Crippen LogP contribution in [0.5, 0.6) is 0 Å². The van der Waals surface area contributed by atoms with Crippen LogP contribution in [-0.2, 0) is 14.4 Å². The third-order valence-electron chi connectivity index (χ3n) is 2.76. The maximum Gasteiger partial charge on any atom is 0.305 e. The van der Waals surface area contributed by atoms with E-state index in [4.69, 9.17) is 5.11 Å². The summed E-state index contributed by atoms with van der Waals surface area (Å²) in [6.07, 6.45) is -0.214. The molecule has 1 atom stereocenters. The van der Waals surface area contributed by atoms with Gasteiger partial charge in [0.2, 0.25) is 5.91 Å². The van der Waals surface area contributed by atoms with Crippen molar-refractivity contribution in [1.82, 2.24) is 4.90 Å². The van der Waals surface area contributed by atoms with E-state index < -0.39 is 12.0 Å². The van der Waals surface area contributed by atoms with Crippen molar-refractivity contribution >= 4 is 17.7 Å². The molecule has 1 aliphatic heterocycles. The second kappa shape index (κ2) is 4.23. The van der Waals surface area contributed by atoms with Crippen LogP contribution in [0.1, 0.15) is 33.6 Å². The van der Waals surface area contributed by atoms with E-state index in [2.05, 4.69) is 0 Å². The molecule has 90 valence electrons. The molecule has 5 heteroatoms. The average Bonchev–Trinajstić information content (AvgIpc) is 2.38. The molecule has 1 unspecified atom stereocenters. The Labute approximate surface area is 94.4 Å². The number of nitrogens with zero attached hydrogens (tertiary/aromatic N) is 1. The molecule has 1 N–H and O–H groups in total. The van der Waals surface area contributed by atoms with Crippen LogP contribution in [0.15, 0.2) is 0 Å². The van der Waals surface area contributed by atoms with Crippen LogP contribution < -0.4 is 0 Å². The summed E-state index contributed by atoms with van der Waals surface area (Å²) >= 11 is 0. The summed E-state index contributed by atoms with van der Waals surface area (Å²) in [6.45, 7) is 5.66. The van der Waals surface area contributed by atoms with Crippen molar-refractivity contribution < 1.29 is 19.5 Å². The lowest BCUT2D eigenvalue weighted by Gasteiger charge is -2.36. The van der Waals surface area contributed by atoms with Crippen LogP contribution in [0.2, 0.25) is 0 Å². The fourth-order valence-corrected chi connectivity index (χ4v) is 1.94. The van der Waals surface area contributed by atoms with Gasteiger partial charge in [0, 0.05) is 6.04 Å². The summed E-state index contributed by atoms with van der Waals surface area (Å²) in [5, 5.41) is 8.84. The van der Waals surface area contributed by atoms with E-state index >= 15 is 0 Å². The number of aliphatic carboxylic acids is 1. The number of rotatable bonds is 3. The number of amides is 1. The second-order valence-corrected chi connectivity index (χ2v) is 5.22. The number of ketones is 1. The standard InChI is InChI=1S/C11H17NO4/c1-11(2,3)8(5-10(15)16)12-6-7(13)4-9(12)14/h8H,4-6H2,1-3H3,(H,15,16). The monoisotopic (exact) mass is 227 g/mol. The molecule has 0 spiro atoms. The van der Waals surface area contributed by atoms with E-state index in [1.54, 1.807) is 0 Å². The first-order valence-electron chi connectivity index (χ1n) is 5.25. The van der Waals surface area contributed by atoms with E-state index in [9.17, 15) is 14.4 Å². The van der Waals surface area contributed by atoms with Gasteiger partial charge in [0.15, 0.2) is 5.78 Å². The molecule has 0 aliphatic carbocycles. The minimum Gasteiger partial charge on any atom is -0.481 e. The summed E-state index contributed by atoms with van der Waals surface area (Å²) in [6, 6.07) is -0.427.